The van der Waals surface area contributed by atoms with Crippen LogP contribution in [0.5, 0.6) is 0 Å². The zero-order chi connectivity index (χ0) is 12.4. The average Bonchev–Trinajstić information content (AvgIpc) is 2.69. The first-order valence-electron chi connectivity index (χ1n) is 5.67. The maximum absolute atomic E-state index is 6.26. The van der Waals surface area contributed by atoms with Crippen LogP contribution in [0.4, 0.5) is 0 Å². The summed E-state index contributed by atoms with van der Waals surface area (Å²) in [4.78, 5) is 0. The Balaban J connectivity index is 2.39. The second-order valence-corrected chi connectivity index (χ2v) is 4.50. The van der Waals surface area contributed by atoms with Gasteiger partial charge in [0, 0.05) is 11.6 Å². The molecular formula is C13H16ClN3. The maximum atomic E-state index is 6.26. The van der Waals surface area contributed by atoms with E-state index in [1.54, 1.807) is 0 Å². The van der Waals surface area contributed by atoms with Gasteiger partial charge in [-0.2, -0.15) is 5.10 Å². The predicted molar refractivity (Wildman–Crippen MR) is 70.1 cm³/mol. The van der Waals surface area contributed by atoms with Gasteiger partial charge in [0.15, 0.2) is 0 Å². The van der Waals surface area contributed by atoms with Gasteiger partial charge in [0.2, 0.25) is 0 Å². The normalized spacial score (nSPS) is 12.7. The van der Waals surface area contributed by atoms with Crippen LogP contribution in [0.15, 0.2) is 30.3 Å². The molecule has 2 aromatic rings. The van der Waals surface area contributed by atoms with Crippen LogP contribution in [-0.4, -0.2) is 9.78 Å². The quantitative estimate of drug-likeness (QED) is 0.909. The molecular weight excluding hydrogens is 234 g/mol. The molecule has 1 aromatic heterocycles. The van der Waals surface area contributed by atoms with Crippen molar-refractivity contribution in [2.75, 3.05) is 0 Å². The summed E-state index contributed by atoms with van der Waals surface area (Å²) >= 11 is 5.98. The predicted octanol–water partition coefficient (Wildman–Crippen LogP) is 2.91. The number of nitrogens with zero attached hydrogens (tertiary/aromatic N) is 2. The van der Waals surface area contributed by atoms with Crippen LogP contribution in [-0.2, 0) is 6.54 Å². The molecule has 17 heavy (non-hydrogen) atoms. The van der Waals surface area contributed by atoms with E-state index in [1.165, 1.54) is 0 Å². The average molecular weight is 250 g/mol. The largest absolute Gasteiger partial charge is 0.319 e. The molecule has 0 saturated heterocycles. The van der Waals surface area contributed by atoms with Gasteiger partial charge in [-0.25, -0.2) is 0 Å². The number of halogens is 1. The van der Waals surface area contributed by atoms with Crippen LogP contribution in [0.25, 0.3) is 0 Å². The van der Waals surface area contributed by atoms with Crippen molar-refractivity contribution < 1.29 is 0 Å². The lowest BCUT2D eigenvalue weighted by molar-refractivity contribution is 0.597. The fourth-order valence-electron chi connectivity index (χ4n) is 1.94. The van der Waals surface area contributed by atoms with Crippen molar-refractivity contribution in [3.8, 4) is 0 Å². The number of nitrogens with two attached hydrogens (primary N) is 1. The molecule has 3 nitrogen and oxygen atoms in total. The van der Waals surface area contributed by atoms with Gasteiger partial charge in [0.25, 0.3) is 0 Å². The molecule has 0 bridgehead atoms. The number of hydrogen-bond acceptors (Lipinski definition) is 2. The molecule has 90 valence electrons. The highest BCUT2D eigenvalue weighted by molar-refractivity contribution is 6.30. The Morgan fingerprint density at radius 3 is 2.82 bits per heavy atom. The lowest BCUT2D eigenvalue weighted by atomic mass is 10.0. The summed E-state index contributed by atoms with van der Waals surface area (Å²) in [7, 11) is 0. The van der Waals surface area contributed by atoms with Crippen LogP contribution in [0.2, 0.25) is 5.02 Å². The molecule has 0 radical (unpaired) electrons. The van der Waals surface area contributed by atoms with E-state index >= 15 is 0 Å². The Morgan fingerprint density at radius 2 is 2.18 bits per heavy atom. The van der Waals surface area contributed by atoms with Crippen LogP contribution in [0.3, 0.4) is 0 Å². The van der Waals surface area contributed by atoms with E-state index in [9.17, 15) is 0 Å². The summed E-state index contributed by atoms with van der Waals surface area (Å²) in [5, 5.41) is 5.11. The second-order valence-electron chi connectivity index (χ2n) is 4.06. The van der Waals surface area contributed by atoms with Gasteiger partial charge in [-0.15, -0.1) is 0 Å². The smallest absolute Gasteiger partial charge is 0.0723 e. The standard InChI is InChI=1S/C13H16ClN3/c1-3-17-12(7-9(2)16-17)13(15)10-5-4-6-11(14)8-10/h4-8,13H,3,15H2,1-2H3. The van der Waals surface area contributed by atoms with E-state index in [4.69, 9.17) is 17.3 Å². The molecule has 1 heterocycles. The van der Waals surface area contributed by atoms with Gasteiger partial charge < -0.3 is 5.73 Å². The van der Waals surface area contributed by atoms with Gasteiger partial charge in [-0.3, -0.25) is 4.68 Å². The zero-order valence-electron chi connectivity index (χ0n) is 10.0. The van der Waals surface area contributed by atoms with Crippen molar-refractivity contribution in [3.05, 3.63) is 52.3 Å². The number of aromatic nitrogens is 2. The molecule has 1 unspecified atom stereocenters. The highest BCUT2D eigenvalue weighted by atomic mass is 35.5. The molecule has 0 aliphatic carbocycles. The van der Waals surface area contributed by atoms with Gasteiger partial charge in [-0.05, 0) is 37.6 Å². The summed E-state index contributed by atoms with van der Waals surface area (Å²) in [6.45, 7) is 4.85. The molecule has 0 aliphatic heterocycles. The minimum Gasteiger partial charge on any atom is -0.319 e. The molecule has 0 saturated carbocycles. The van der Waals surface area contributed by atoms with Crippen molar-refractivity contribution in [3.63, 3.8) is 0 Å². The fraction of sp³-hybridized carbons (Fsp3) is 0.308. The Kier molecular flexibility index (Phi) is 3.50. The summed E-state index contributed by atoms with van der Waals surface area (Å²) in [6, 6.07) is 9.48. The first-order valence-corrected chi connectivity index (χ1v) is 6.05. The minimum absolute atomic E-state index is 0.185. The maximum Gasteiger partial charge on any atom is 0.0723 e. The lowest BCUT2D eigenvalue weighted by Crippen LogP contribution is -2.17. The lowest BCUT2D eigenvalue weighted by Gasteiger charge is -2.13. The van der Waals surface area contributed by atoms with Crippen molar-refractivity contribution in [1.82, 2.24) is 9.78 Å². The third-order valence-corrected chi connectivity index (χ3v) is 2.99. The van der Waals surface area contributed by atoms with E-state index in [-0.39, 0.29) is 6.04 Å². The first-order chi connectivity index (χ1) is 8.11. The molecule has 2 rings (SSSR count). The fourth-order valence-corrected chi connectivity index (χ4v) is 2.14. The molecule has 0 aliphatic rings. The topological polar surface area (TPSA) is 43.8 Å². The van der Waals surface area contributed by atoms with E-state index in [2.05, 4.69) is 12.0 Å². The number of rotatable bonds is 3. The van der Waals surface area contributed by atoms with Crippen LogP contribution < -0.4 is 5.73 Å². The van der Waals surface area contributed by atoms with Crippen LogP contribution in [0.1, 0.15) is 29.9 Å². The van der Waals surface area contributed by atoms with Crippen molar-refractivity contribution >= 4 is 11.6 Å². The summed E-state index contributed by atoms with van der Waals surface area (Å²) in [6.07, 6.45) is 0. The van der Waals surface area contributed by atoms with Gasteiger partial charge in [0.1, 0.15) is 0 Å². The van der Waals surface area contributed by atoms with Crippen molar-refractivity contribution in [1.29, 1.82) is 0 Å². The van der Waals surface area contributed by atoms with E-state index < -0.39 is 0 Å². The zero-order valence-corrected chi connectivity index (χ0v) is 10.8. The van der Waals surface area contributed by atoms with Crippen molar-refractivity contribution in [2.24, 2.45) is 5.73 Å². The highest BCUT2D eigenvalue weighted by Crippen LogP contribution is 2.22. The Morgan fingerprint density at radius 1 is 1.41 bits per heavy atom. The molecule has 4 heteroatoms. The summed E-state index contributed by atoms with van der Waals surface area (Å²) in [5.74, 6) is 0. The van der Waals surface area contributed by atoms with E-state index in [1.807, 2.05) is 41.9 Å². The van der Waals surface area contributed by atoms with E-state index in [0.717, 1.165) is 23.5 Å². The number of hydrogen-bond donors (Lipinski definition) is 1. The molecule has 1 aromatic carbocycles. The van der Waals surface area contributed by atoms with Gasteiger partial charge >= 0.3 is 0 Å². The molecule has 0 amide bonds. The molecule has 0 spiro atoms. The number of aryl methyl sites for hydroxylation is 2. The third kappa shape index (κ3) is 2.51. The first kappa shape index (κ1) is 12.1. The molecule has 2 N–H and O–H groups in total. The third-order valence-electron chi connectivity index (χ3n) is 2.76. The minimum atomic E-state index is -0.185. The van der Waals surface area contributed by atoms with Gasteiger partial charge in [-0.1, -0.05) is 23.7 Å². The SMILES string of the molecule is CCn1nc(C)cc1C(N)c1cccc(Cl)c1. The van der Waals surface area contributed by atoms with E-state index in [0.29, 0.717) is 5.02 Å². The Hall–Kier alpha value is -1.32. The van der Waals surface area contributed by atoms with Crippen molar-refractivity contribution in [2.45, 2.75) is 26.4 Å². The second kappa shape index (κ2) is 4.90. The monoisotopic (exact) mass is 249 g/mol. The van der Waals surface area contributed by atoms with Gasteiger partial charge in [0.05, 0.1) is 17.4 Å². The number of benzene rings is 1. The molecule has 0 fully saturated rings. The van der Waals surface area contributed by atoms with Crippen LogP contribution in [0, 0.1) is 6.92 Å². The Labute approximate surface area is 106 Å². The Bertz CT molecular complexity index is 519. The summed E-state index contributed by atoms with van der Waals surface area (Å²) < 4.78 is 1.93. The van der Waals surface area contributed by atoms with Crippen LogP contribution >= 0.6 is 11.6 Å². The summed E-state index contributed by atoms with van der Waals surface area (Å²) in [5.41, 5.74) is 9.27. The highest BCUT2D eigenvalue weighted by Gasteiger charge is 2.14. The molecule has 1 atom stereocenters.